The van der Waals surface area contributed by atoms with Crippen LogP contribution in [0.4, 0.5) is 0 Å². The molecule has 1 aromatic rings. The Morgan fingerprint density at radius 1 is 1.13 bits per heavy atom. The first-order chi connectivity index (χ1) is 11.1. The maximum Gasteiger partial charge on any atom is 0.209 e. The Hall–Kier alpha value is -0.820. The lowest BCUT2D eigenvalue weighted by Crippen LogP contribution is -2.52. The standard InChI is InChI=1S/C15H20Cl2N4OS/c1-2-19-8-10-20(11-9-19)15-18-6-7-21(15)23(22)14-12(16)4-3-5-13(14)17/h3-5H,2,6-11H2,1H3. The van der Waals surface area contributed by atoms with E-state index >= 15 is 0 Å². The van der Waals surface area contributed by atoms with Gasteiger partial charge in [0.15, 0.2) is 11.0 Å². The van der Waals surface area contributed by atoms with E-state index in [2.05, 4.69) is 21.7 Å². The predicted molar refractivity (Wildman–Crippen MR) is 95.6 cm³/mol. The molecule has 126 valence electrons. The molecule has 8 heteroatoms. The smallest absolute Gasteiger partial charge is 0.209 e. The third-order valence-electron chi connectivity index (χ3n) is 4.18. The van der Waals surface area contributed by atoms with E-state index in [9.17, 15) is 4.21 Å². The van der Waals surface area contributed by atoms with Gasteiger partial charge in [0, 0.05) is 26.2 Å². The van der Waals surface area contributed by atoms with Crippen LogP contribution in [0.1, 0.15) is 6.92 Å². The minimum atomic E-state index is -1.44. The second-order valence-corrected chi connectivity index (χ2v) is 7.67. The van der Waals surface area contributed by atoms with Crippen molar-refractivity contribution < 1.29 is 4.21 Å². The topological polar surface area (TPSA) is 39.1 Å². The fraction of sp³-hybridized carbons (Fsp3) is 0.533. The maximum atomic E-state index is 13.0. The Morgan fingerprint density at radius 2 is 1.78 bits per heavy atom. The number of rotatable bonds is 3. The monoisotopic (exact) mass is 374 g/mol. The predicted octanol–water partition coefficient (Wildman–Crippen LogP) is 2.33. The number of nitrogens with zero attached hydrogens (tertiary/aromatic N) is 4. The van der Waals surface area contributed by atoms with E-state index in [0.717, 1.165) is 38.7 Å². The zero-order chi connectivity index (χ0) is 16.4. The molecule has 1 fully saturated rings. The molecule has 1 saturated heterocycles. The van der Waals surface area contributed by atoms with Crippen molar-refractivity contribution >= 4 is 40.1 Å². The van der Waals surface area contributed by atoms with Crippen molar-refractivity contribution in [2.75, 3.05) is 45.8 Å². The van der Waals surface area contributed by atoms with Crippen LogP contribution in [0.15, 0.2) is 28.1 Å². The fourth-order valence-electron chi connectivity index (χ4n) is 2.86. The van der Waals surface area contributed by atoms with Crippen LogP contribution in [0.2, 0.25) is 10.0 Å². The van der Waals surface area contributed by atoms with E-state index in [-0.39, 0.29) is 0 Å². The minimum Gasteiger partial charge on any atom is -0.339 e. The van der Waals surface area contributed by atoms with E-state index < -0.39 is 11.0 Å². The average molecular weight is 375 g/mol. The second-order valence-electron chi connectivity index (χ2n) is 5.51. The molecule has 1 unspecified atom stereocenters. The molecule has 3 rings (SSSR count). The van der Waals surface area contributed by atoms with Crippen molar-refractivity contribution in [1.29, 1.82) is 0 Å². The lowest BCUT2D eigenvalue weighted by atomic mass is 10.3. The molecule has 5 nitrogen and oxygen atoms in total. The van der Waals surface area contributed by atoms with Gasteiger partial charge >= 0.3 is 0 Å². The van der Waals surface area contributed by atoms with Crippen LogP contribution in [0, 0.1) is 0 Å². The lowest BCUT2D eigenvalue weighted by molar-refractivity contribution is 0.184. The summed E-state index contributed by atoms with van der Waals surface area (Å²) in [4.78, 5) is 9.65. The number of piperazine rings is 1. The zero-order valence-corrected chi connectivity index (χ0v) is 15.4. The molecule has 23 heavy (non-hydrogen) atoms. The first-order valence-electron chi connectivity index (χ1n) is 7.77. The fourth-order valence-corrected chi connectivity index (χ4v) is 4.91. The summed E-state index contributed by atoms with van der Waals surface area (Å²) in [7, 11) is -1.44. The summed E-state index contributed by atoms with van der Waals surface area (Å²) in [5.41, 5.74) is 0. The number of benzene rings is 1. The van der Waals surface area contributed by atoms with Crippen LogP contribution in [0.25, 0.3) is 0 Å². The van der Waals surface area contributed by atoms with Gasteiger partial charge in [0.2, 0.25) is 5.96 Å². The second kappa shape index (κ2) is 7.38. The van der Waals surface area contributed by atoms with Crippen molar-refractivity contribution in [2.24, 2.45) is 4.99 Å². The molecule has 0 saturated carbocycles. The number of aliphatic imine (C=N–C) groups is 1. The molecule has 2 aliphatic rings. The van der Waals surface area contributed by atoms with Crippen LogP contribution in [-0.4, -0.2) is 70.1 Å². The normalized spacial score (nSPS) is 20.7. The van der Waals surface area contributed by atoms with Gasteiger partial charge in [-0.1, -0.05) is 36.2 Å². The number of hydrogen-bond acceptors (Lipinski definition) is 4. The molecule has 0 amide bonds. The number of likely N-dealkylation sites (N-methyl/N-ethyl adjacent to an activating group) is 1. The van der Waals surface area contributed by atoms with Crippen molar-refractivity contribution in [2.45, 2.75) is 11.8 Å². The SMILES string of the molecule is CCN1CCN(C2=NCCN2S(=O)c2c(Cl)cccc2Cl)CC1. The van der Waals surface area contributed by atoms with Crippen molar-refractivity contribution in [1.82, 2.24) is 14.1 Å². The highest BCUT2D eigenvalue weighted by Crippen LogP contribution is 2.30. The highest BCUT2D eigenvalue weighted by atomic mass is 35.5. The first-order valence-corrected chi connectivity index (χ1v) is 9.63. The Bertz CT molecular complexity index is 612. The van der Waals surface area contributed by atoms with Gasteiger partial charge in [0.1, 0.15) is 0 Å². The Balaban J connectivity index is 1.78. The molecule has 0 aliphatic carbocycles. The summed E-state index contributed by atoms with van der Waals surface area (Å²) >= 11 is 12.4. The summed E-state index contributed by atoms with van der Waals surface area (Å²) in [6, 6.07) is 5.19. The molecule has 1 aromatic carbocycles. The van der Waals surface area contributed by atoms with Gasteiger partial charge in [-0.05, 0) is 18.7 Å². The summed E-state index contributed by atoms with van der Waals surface area (Å²) in [6.07, 6.45) is 0. The van der Waals surface area contributed by atoms with Crippen molar-refractivity contribution in [3.05, 3.63) is 28.2 Å². The van der Waals surface area contributed by atoms with Gasteiger partial charge < -0.3 is 9.80 Å². The molecular weight excluding hydrogens is 355 g/mol. The average Bonchev–Trinajstić information content (AvgIpc) is 3.04. The Morgan fingerprint density at radius 3 is 2.39 bits per heavy atom. The minimum absolute atomic E-state index is 0.429. The molecule has 2 heterocycles. The summed E-state index contributed by atoms with van der Waals surface area (Å²) in [5.74, 6) is 0.801. The Kier molecular flexibility index (Phi) is 5.46. The van der Waals surface area contributed by atoms with E-state index in [0.29, 0.717) is 28.0 Å². The van der Waals surface area contributed by atoms with E-state index in [4.69, 9.17) is 23.2 Å². The van der Waals surface area contributed by atoms with Gasteiger partial charge in [-0.25, -0.2) is 4.21 Å². The van der Waals surface area contributed by atoms with Crippen LogP contribution >= 0.6 is 23.2 Å². The van der Waals surface area contributed by atoms with E-state index in [1.54, 1.807) is 18.2 Å². The number of hydrogen-bond donors (Lipinski definition) is 0. The first kappa shape index (κ1) is 17.0. The largest absolute Gasteiger partial charge is 0.339 e. The van der Waals surface area contributed by atoms with Crippen LogP contribution < -0.4 is 0 Å². The number of guanidine groups is 1. The van der Waals surface area contributed by atoms with Crippen LogP contribution in [0.5, 0.6) is 0 Å². The summed E-state index contributed by atoms with van der Waals surface area (Å²) in [6.45, 7) is 8.31. The van der Waals surface area contributed by atoms with E-state index in [1.165, 1.54) is 0 Å². The summed E-state index contributed by atoms with van der Waals surface area (Å²) < 4.78 is 14.8. The molecule has 0 aromatic heterocycles. The third-order valence-corrected chi connectivity index (χ3v) is 6.56. The quantitative estimate of drug-likeness (QED) is 0.814. The summed E-state index contributed by atoms with van der Waals surface area (Å²) in [5, 5.41) is 0.857. The maximum absolute atomic E-state index is 13.0. The number of halogens is 2. The molecule has 0 spiro atoms. The molecule has 2 aliphatic heterocycles. The molecule has 0 radical (unpaired) electrons. The molecule has 1 atom stereocenters. The van der Waals surface area contributed by atoms with Gasteiger partial charge in [-0.15, -0.1) is 0 Å². The van der Waals surface area contributed by atoms with Gasteiger partial charge in [0.05, 0.1) is 28.0 Å². The van der Waals surface area contributed by atoms with Crippen molar-refractivity contribution in [3.63, 3.8) is 0 Å². The molecule has 0 N–H and O–H groups in total. The lowest BCUT2D eigenvalue weighted by Gasteiger charge is -2.37. The zero-order valence-electron chi connectivity index (χ0n) is 13.0. The molecule has 0 bridgehead atoms. The van der Waals surface area contributed by atoms with Crippen molar-refractivity contribution in [3.8, 4) is 0 Å². The molecular formula is C15H20Cl2N4OS. The van der Waals surface area contributed by atoms with Crippen LogP contribution in [0.3, 0.4) is 0 Å². The van der Waals surface area contributed by atoms with Crippen LogP contribution in [-0.2, 0) is 11.0 Å². The Labute approximate surface area is 149 Å². The van der Waals surface area contributed by atoms with Gasteiger partial charge in [-0.2, -0.15) is 0 Å². The van der Waals surface area contributed by atoms with E-state index in [1.807, 2.05) is 4.31 Å². The van der Waals surface area contributed by atoms with Gasteiger partial charge in [-0.3, -0.25) is 9.30 Å². The highest BCUT2D eigenvalue weighted by molar-refractivity contribution is 7.83. The van der Waals surface area contributed by atoms with Gasteiger partial charge in [0.25, 0.3) is 0 Å². The highest BCUT2D eigenvalue weighted by Gasteiger charge is 2.31. The third kappa shape index (κ3) is 3.50.